The Balaban J connectivity index is 1.88. The van der Waals surface area contributed by atoms with E-state index in [9.17, 15) is 19.5 Å². The fraction of sp³-hybridized carbons (Fsp3) is 0.182. The minimum atomic E-state index is -1.26. The number of carbonyl (C=O) groups excluding carboxylic acids is 2. The molecule has 7 nitrogen and oxygen atoms in total. The van der Waals surface area contributed by atoms with Crippen LogP contribution in [0.15, 0.2) is 62.8 Å². The summed E-state index contributed by atoms with van der Waals surface area (Å²) < 4.78 is 7.20. The van der Waals surface area contributed by atoms with Gasteiger partial charge < -0.3 is 14.6 Å². The number of ether oxygens (including phenoxy) is 1. The van der Waals surface area contributed by atoms with E-state index in [-0.39, 0.29) is 17.7 Å². The van der Waals surface area contributed by atoms with E-state index in [1.54, 1.807) is 32.1 Å². The minimum absolute atomic E-state index is 0.0611. The first-order valence-electron chi connectivity index (χ1n) is 9.45. The number of nitrogens with zero attached hydrogens (tertiary/aromatic N) is 2. The molecule has 9 heteroatoms. The van der Waals surface area contributed by atoms with Gasteiger partial charge in [0.15, 0.2) is 4.80 Å². The summed E-state index contributed by atoms with van der Waals surface area (Å²) in [5.74, 6) is -1.75. The number of allylic oxidation sites excluding steroid dienone is 1. The Labute approximate surface area is 184 Å². The second-order valence-corrected chi connectivity index (χ2v) is 8.72. The average Bonchev–Trinajstić information content (AvgIpc) is 3.36. The number of aromatic carboxylic acids is 1. The van der Waals surface area contributed by atoms with Crippen molar-refractivity contribution in [1.82, 2.24) is 4.57 Å². The Morgan fingerprint density at radius 3 is 2.61 bits per heavy atom. The molecular formula is C22H17N2O5S2-. The molecule has 3 aromatic rings. The first-order chi connectivity index (χ1) is 14.9. The van der Waals surface area contributed by atoms with Gasteiger partial charge in [0.25, 0.3) is 5.56 Å². The van der Waals surface area contributed by atoms with Crippen molar-refractivity contribution < 1.29 is 19.4 Å². The Kier molecular flexibility index (Phi) is 5.71. The Morgan fingerprint density at radius 1 is 1.26 bits per heavy atom. The summed E-state index contributed by atoms with van der Waals surface area (Å²) in [5, 5.41) is 12.8. The molecule has 31 heavy (non-hydrogen) atoms. The highest BCUT2D eigenvalue weighted by Crippen LogP contribution is 2.33. The van der Waals surface area contributed by atoms with Crippen LogP contribution in [0.1, 0.15) is 40.7 Å². The monoisotopic (exact) mass is 453 g/mol. The molecule has 1 aromatic carbocycles. The number of hydrogen-bond donors (Lipinski definition) is 0. The summed E-state index contributed by atoms with van der Waals surface area (Å²) in [6.45, 7) is 3.69. The van der Waals surface area contributed by atoms with Crippen LogP contribution in [-0.4, -0.2) is 23.1 Å². The van der Waals surface area contributed by atoms with E-state index in [4.69, 9.17) is 4.74 Å². The van der Waals surface area contributed by atoms with Gasteiger partial charge in [-0.25, -0.2) is 9.79 Å². The molecule has 158 valence electrons. The predicted molar refractivity (Wildman–Crippen MR) is 115 cm³/mol. The van der Waals surface area contributed by atoms with Crippen LogP contribution in [0.25, 0.3) is 6.08 Å². The predicted octanol–water partition coefficient (Wildman–Crippen LogP) is 1.22. The van der Waals surface area contributed by atoms with E-state index in [2.05, 4.69) is 4.99 Å². The summed E-state index contributed by atoms with van der Waals surface area (Å²) in [7, 11) is 0. The Morgan fingerprint density at radius 2 is 2.00 bits per heavy atom. The number of rotatable bonds is 5. The van der Waals surface area contributed by atoms with Crippen LogP contribution in [0.4, 0.5) is 0 Å². The van der Waals surface area contributed by atoms with E-state index in [1.807, 2.05) is 17.5 Å². The molecule has 0 unspecified atom stereocenters. The minimum Gasteiger partial charge on any atom is -0.545 e. The van der Waals surface area contributed by atoms with Gasteiger partial charge in [0, 0.05) is 4.88 Å². The molecule has 0 spiro atoms. The maximum Gasteiger partial charge on any atom is 0.338 e. The number of carboxylic acids is 1. The number of esters is 1. The molecule has 0 saturated heterocycles. The summed E-state index contributed by atoms with van der Waals surface area (Å²) in [5.41, 5.74) is 1.32. The fourth-order valence-electron chi connectivity index (χ4n) is 3.37. The zero-order chi connectivity index (χ0) is 22.1. The van der Waals surface area contributed by atoms with Crippen LogP contribution in [0.5, 0.6) is 0 Å². The number of fused-ring (bicyclic) bond motifs is 1. The SMILES string of the molecule is CCOC(=O)C1=C(C)N=c2s/c(=C/c3ccc(C(=O)[O-])cc3)c(=O)n2[C@H]1c1cccs1. The maximum absolute atomic E-state index is 13.3. The van der Waals surface area contributed by atoms with Gasteiger partial charge >= 0.3 is 5.97 Å². The molecule has 0 radical (unpaired) electrons. The van der Waals surface area contributed by atoms with E-state index >= 15 is 0 Å². The highest BCUT2D eigenvalue weighted by molar-refractivity contribution is 7.10. The summed E-state index contributed by atoms with van der Waals surface area (Å²) >= 11 is 2.67. The Hall–Kier alpha value is -3.30. The topological polar surface area (TPSA) is 101 Å². The standard InChI is InChI=1S/C22H18N2O5S2/c1-3-29-21(28)17-12(2)23-22-24(18(17)15-5-4-10-30-15)19(25)16(31-22)11-13-6-8-14(9-7-13)20(26)27/h4-11,18H,3H2,1-2H3,(H,26,27)/p-1/b16-11+/t18-/m0/s1. The molecule has 4 rings (SSSR count). The van der Waals surface area contributed by atoms with Gasteiger partial charge in [-0.3, -0.25) is 9.36 Å². The van der Waals surface area contributed by atoms with Crippen LogP contribution in [0.3, 0.4) is 0 Å². The van der Waals surface area contributed by atoms with Crippen molar-refractivity contribution in [2.75, 3.05) is 6.61 Å². The maximum atomic E-state index is 13.3. The zero-order valence-corrected chi connectivity index (χ0v) is 18.3. The van der Waals surface area contributed by atoms with Crippen LogP contribution >= 0.6 is 22.7 Å². The van der Waals surface area contributed by atoms with Crippen LogP contribution in [0.2, 0.25) is 0 Å². The van der Waals surface area contributed by atoms with Gasteiger partial charge in [0.1, 0.15) is 6.04 Å². The lowest BCUT2D eigenvalue weighted by Crippen LogP contribution is -2.39. The molecule has 0 amide bonds. The lowest BCUT2D eigenvalue weighted by molar-refractivity contribution is -0.255. The van der Waals surface area contributed by atoms with Gasteiger partial charge in [-0.1, -0.05) is 41.7 Å². The van der Waals surface area contributed by atoms with Crippen molar-refractivity contribution in [2.24, 2.45) is 4.99 Å². The normalized spacial score (nSPS) is 16.1. The molecule has 1 aliphatic heterocycles. The summed E-state index contributed by atoms with van der Waals surface area (Å²) in [6, 6.07) is 9.20. The molecule has 0 bridgehead atoms. The van der Waals surface area contributed by atoms with Crippen molar-refractivity contribution in [3.63, 3.8) is 0 Å². The molecule has 0 saturated carbocycles. The second kappa shape index (κ2) is 8.44. The average molecular weight is 454 g/mol. The largest absolute Gasteiger partial charge is 0.545 e. The van der Waals surface area contributed by atoms with Gasteiger partial charge in [0.05, 0.1) is 28.4 Å². The van der Waals surface area contributed by atoms with Gasteiger partial charge in [0.2, 0.25) is 0 Å². The lowest BCUT2D eigenvalue weighted by atomic mass is 10.0. The van der Waals surface area contributed by atoms with Gasteiger partial charge in [-0.05, 0) is 42.5 Å². The van der Waals surface area contributed by atoms with Crippen molar-refractivity contribution >= 4 is 40.7 Å². The van der Waals surface area contributed by atoms with E-state index in [1.165, 1.54) is 39.4 Å². The number of benzene rings is 1. The van der Waals surface area contributed by atoms with Gasteiger partial charge in [-0.15, -0.1) is 11.3 Å². The lowest BCUT2D eigenvalue weighted by Gasteiger charge is -2.23. The smallest absolute Gasteiger partial charge is 0.338 e. The molecule has 0 aliphatic carbocycles. The number of thiazole rings is 1. The molecule has 0 N–H and O–H groups in total. The number of carbonyl (C=O) groups is 2. The number of thiophene rings is 1. The summed E-state index contributed by atoms with van der Waals surface area (Å²) in [4.78, 5) is 42.8. The van der Waals surface area contributed by atoms with Crippen molar-refractivity contribution in [2.45, 2.75) is 19.9 Å². The van der Waals surface area contributed by atoms with Crippen LogP contribution < -0.4 is 20.0 Å². The third-order valence-electron chi connectivity index (χ3n) is 4.77. The molecule has 0 fully saturated rings. The summed E-state index contributed by atoms with van der Waals surface area (Å²) in [6.07, 6.45) is 1.68. The number of carboxylic acid groups (broad SMARTS) is 1. The quantitative estimate of drug-likeness (QED) is 0.541. The highest BCUT2D eigenvalue weighted by Gasteiger charge is 2.33. The fourth-order valence-corrected chi connectivity index (χ4v) is 5.24. The third-order valence-corrected chi connectivity index (χ3v) is 6.68. The van der Waals surface area contributed by atoms with Gasteiger partial charge in [-0.2, -0.15) is 0 Å². The van der Waals surface area contributed by atoms with E-state index < -0.39 is 18.0 Å². The molecular weight excluding hydrogens is 436 g/mol. The van der Waals surface area contributed by atoms with E-state index in [0.717, 1.165) is 4.88 Å². The van der Waals surface area contributed by atoms with Crippen LogP contribution in [-0.2, 0) is 9.53 Å². The zero-order valence-electron chi connectivity index (χ0n) is 16.7. The number of aromatic nitrogens is 1. The second-order valence-electron chi connectivity index (χ2n) is 6.73. The molecule has 2 aromatic heterocycles. The van der Waals surface area contributed by atoms with Crippen molar-refractivity contribution in [3.8, 4) is 0 Å². The molecule has 3 heterocycles. The number of hydrogen-bond acceptors (Lipinski definition) is 8. The highest BCUT2D eigenvalue weighted by atomic mass is 32.1. The third kappa shape index (κ3) is 3.89. The first kappa shape index (κ1) is 21.0. The first-order valence-corrected chi connectivity index (χ1v) is 11.1. The molecule has 1 aliphatic rings. The van der Waals surface area contributed by atoms with E-state index in [0.29, 0.717) is 26.2 Å². The molecule has 1 atom stereocenters. The van der Waals surface area contributed by atoms with Crippen molar-refractivity contribution in [3.05, 3.63) is 88.7 Å². The van der Waals surface area contributed by atoms with Crippen LogP contribution in [0, 0.1) is 0 Å². The van der Waals surface area contributed by atoms with Crippen molar-refractivity contribution in [1.29, 1.82) is 0 Å². The Bertz CT molecular complexity index is 1360.